The van der Waals surface area contributed by atoms with E-state index in [4.69, 9.17) is 27.9 Å². The maximum Gasteiger partial charge on any atom is 0.349 e. The van der Waals surface area contributed by atoms with Gasteiger partial charge in [-0.05, 0) is 55.4 Å². The van der Waals surface area contributed by atoms with Gasteiger partial charge in [0.05, 0.1) is 0 Å². The van der Waals surface area contributed by atoms with Crippen LogP contribution in [0.2, 0.25) is 10.0 Å². The third kappa shape index (κ3) is 5.68. The Kier molecular flexibility index (Phi) is 7.37. The number of halogens is 2. The lowest BCUT2D eigenvalue weighted by atomic mass is 10.1. The lowest BCUT2D eigenvalue weighted by molar-refractivity contribution is -0.145. The third-order valence-electron chi connectivity index (χ3n) is 3.84. The smallest absolute Gasteiger partial charge is 0.349 e. The summed E-state index contributed by atoms with van der Waals surface area (Å²) in [6.07, 6.45) is 3.37. The van der Waals surface area contributed by atoms with Gasteiger partial charge in [0.25, 0.3) is 0 Å². The van der Waals surface area contributed by atoms with E-state index in [9.17, 15) is 9.90 Å². The predicted octanol–water partition coefficient (Wildman–Crippen LogP) is 5.21. The molecule has 0 saturated heterocycles. The number of aliphatic carboxylic acids is 1. The number of rotatable bonds is 8. The fourth-order valence-electron chi connectivity index (χ4n) is 2.35. The maximum absolute atomic E-state index is 11.7. The van der Waals surface area contributed by atoms with Crippen LogP contribution in [-0.2, 0) is 11.2 Å². The van der Waals surface area contributed by atoms with Crippen molar-refractivity contribution in [1.29, 1.82) is 0 Å². The number of benzene rings is 2. The van der Waals surface area contributed by atoms with E-state index in [0.717, 1.165) is 12.1 Å². The number of carboxylic acids is 1. The van der Waals surface area contributed by atoms with Gasteiger partial charge in [0.15, 0.2) is 0 Å². The molecule has 0 bridgehead atoms. The van der Waals surface area contributed by atoms with Crippen LogP contribution in [0, 0.1) is 0 Å². The molecule has 1 atom stereocenters. The highest BCUT2D eigenvalue weighted by Crippen LogP contribution is 2.29. The van der Waals surface area contributed by atoms with Crippen molar-refractivity contribution >= 4 is 29.2 Å². The van der Waals surface area contributed by atoms with Gasteiger partial charge < -0.3 is 14.7 Å². The highest BCUT2D eigenvalue weighted by Gasteiger charge is 2.23. The molecule has 0 heterocycles. The molecule has 26 heavy (non-hydrogen) atoms. The largest absolute Gasteiger partial charge is 0.478 e. The van der Waals surface area contributed by atoms with E-state index in [0.29, 0.717) is 27.8 Å². The van der Waals surface area contributed by atoms with Crippen molar-refractivity contribution in [3.05, 3.63) is 75.9 Å². The summed E-state index contributed by atoms with van der Waals surface area (Å²) >= 11 is 12.1. The second kappa shape index (κ2) is 9.51. The molecule has 2 aromatic carbocycles. The quantitative estimate of drug-likeness (QED) is 0.668. The third-order valence-corrected chi connectivity index (χ3v) is 4.31. The van der Waals surface area contributed by atoms with Gasteiger partial charge in [-0.15, -0.1) is 0 Å². The van der Waals surface area contributed by atoms with Crippen LogP contribution in [0.25, 0.3) is 0 Å². The minimum absolute atomic E-state index is 0.458. The SMILES string of the molecule is CCN(C)/C=C\Cc1cc(Cl)ccc1OC(C(=O)O)c1cccc(Cl)c1. The molecule has 0 saturated carbocycles. The number of hydrogen-bond donors (Lipinski definition) is 1. The van der Waals surface area contributed by atoms with E-state index in [2.05, 4.69) is 6.92 Å². The summed E-state index contributed by atoms with van der Waals surface area (Å²) in [6, 6.07) is 11.8. The molecule has 0 aliphatic carbocycles. The van der Waals surface area contributed by atoms with Crippen molar-refractivity contribution in [3.8, 4) is 5.75 Å². The summed E-state index contributed by atoms with van der Waals surface area (Å²) in [5, 5.41) is 10.6. The molecule has 0 aliphatic rings. The number of carbonyl (C=O) groups is 1. The summed E-state index contributed by atoms with van der Waals surface area (Å²) in [7, 11) is 1.98. The Hall–Kier alpha value is -2.17. The first-order chi connectivity index (χ1) is 12.4. The van der Waals surface area contributed by atoms with E-state index in [1.165, 1.54) is 0 Å². The summed E-state index contributed by atoms with van der Waals surface area (Å²) in [5.41, 5.74) is 1.29. The minimum atomic E-state index is -1.16. The van der Waals surface area contributed by atoms with E-state index in [1.807, 2.05) is 24.2 Å². The molecular weight excluding hydrogens is 373 g/mol. The van der Waals surface area contributed by atoms with E-state index in [1.54, 1.807) is 42.5 Å². The molecule has 0 aliphatic heterocycles. The fourth-order valence-corrected chi connectivity index (χ4v) is 2.74. The number of nitrogens with zero attached hydrogens (tertiary/aromatic N) is 1. The van der Waals surface area contributed by atoms with Crippen LogP contribution < -0.4 is 4.74 Å². The second-order valence-corrected chi connectivity index (χ2v) is 6.68. The standard InChI is InChI=1S/C20H21Cl2NO3/c1-3-23(2)11-5-7-14-12-17(22)9-10-18(14)26-19(20(24)25)15-6-4-8-16(21)13-15/h4-6,8-13,19H,3,7H2,1-2H3,(H,24,25)/b11-5-. The Balaban J connectivity index is 2.28. The number of hydrogen-bond acceptors (Lipinski definition) is 3. The van der Waals surface area contributed by atoms with Gasteiger partial charge in [-0.25, -0.2) is 4.79 Å². The van der Waals surface area contributed by atoms with Crippen molar-refractivity contribution in [3.63, 3.8) is 0 Å². The lowest BCUT2D eigenvalue weighted by Crippen LogP contribution is -2.18. The van der Waals surface area contributed by atoms with Crippen molar-refractivity contribution in [2.24, 2.45) is 0 Å². The number of carboxylic acid groups (broad SMARTS) is 1. The molecule has 4 nitrogen and oxygen atoms in total. The topological polar surface area (TPSA) is 49.8 Å². The minimum Gasteiger partial charge on any atom is -0.478 e. The molecular formula is C20H21Cl2NO3. The van der Waals surface area contributed by atoms with Crippen LogP contribution in [0.5, 0.6) is 5.75 Å². The normalized spacial score (nSPS) is 12.2. The van der Waals surface area contributed by atoms with Gasteiger partial charge in [0.2, 0.25) is 6.10 Å². The van der Waals surface area contributed by atoms with E-state index < -0.39 is 12.1 Å². The first kappa shape index (κ1) is 20.1. The molecule has 0 radical (unpaired) electrons. The zero-order valence-corrected chi connectivity index (χ0v) is 16.2. The maximum atomic E-state index is 11.7. The Bertz CT molecular complexity index is 792. The first-order valence-corrected chi connectivity index (χ1v) is 8.96. The van der Waals surface area contributed by atoms with Gasteiger partial charge >= 0.3 is 5.97 Å². The molecule has 0 aromatic heterocycles. The van der Waals surface area contributed by atoms with Crippen LogP contribution in [0.3, 0.4) is 0 Å². The molecule has 2 rings (SSSR count). The molecule has 0 amide bonds. The Morgan fingerprint density at radius 3 is 2.62 bits per heavy atom. The van der Waals surface area contributed by atoms with Crippen LogP contribution >= 0.6 is 23.2 Å². The summed E-state index contributed by atoms with van der Waals surface area (Å²) in [5.74, 6) is -0.611. The highest BCUT2D eigenvalue weighted by molar-refractivity contribution is 6.31. The van der Waals surface area contributed by atoms with Crippen molar-refractivity contribution in [1.82, 2.24) is 4.90 Å². The fraction of sp³-hybridized carbons (Fsp3) is 0.250. The number of allylic oxidation sites excluding steroid dienone is 1. The Labute approximate surface area is 163 Å². The molecule has 0 spiro atoms. The molecule has 6 heteroatoms. The second-order valence-electron chi connectivity index (χ2n) is 5.81. The van der Waals surface area contributed by atoms with E-state index >= 15 is 0 Å². The molecule has 0 fully saturated rings. The van der Waals surface area contributed by atoms with Gasteiger partial charge in [-0.2, -0.15) is 0 Å². The van der Waals surface area contributed by atoms with Crippen LogP contribution in [0.1, 0.15) is 24.2 Å². The van der Waals surface area contributed by atoms with Gasteiger partial charge in [0, 0.05) is 29.2 Å². The monoisotopic (exact) mass is 393 g/mol. The van der Waals surface area contributed by atoms with Crippen LogP contribution in [0.4, 0.5) is 0 Å². The molecule has 2 aromatic rings. The van der Waals surface area contributed by atoms with Gasteiger partial charge in [0.1, 0.15) is 5.75 Å². The number of ether oxygens (including phenoxy) is 1. The van der Waals surface area contributed by atoms with E-state index in [-0.39, 0.29) is 0 Å². The zero-order chi connectivity index (χ0) is 19.1. The van der Waals surface area contributed by atoms with Crippen LogP contribution in [0.15, 0.2) is 54.7 Å². The van der Waals surface area contributed by atoms with Crippen molar-refractivity contribution in [2.75, 3.05) is 13.6 Å². The average molecular weight is 394 g/mol. The Morgan fingerprint density at radius 2 is 1.96 bits per heavy atom. The van der Waals surface area contributed by atoms with Crippen molar-refractivity contribution in [2.45, 2.75) is 19.4 Å². The molecule has 1 N–H and O–H groups in total. The summed E-state index contributed by atoms with van der Waals surface area (Å²) < 4.78 is 5.82. The zero-order valence-electron chi connectivity index (χ0n) is 14.7. The highest BCUT2D eigenvalue weighted by atomic mass is 35.5. The van der Waals surface area contributed by atoms with Gasteiger partial charge in [-0.1, -0.05) is 41.4 Å². The average Bonchev–Trinajstić information content (AvgIpc) is 2.60. The Morgan fingerprint density at radius 1 is 1.23 bits per heavy atom. The molecule has 1 unspecified atom stereocenters. The first-order valence-electron chi connectivity index (χ1n) is 8.21. The summed E-state index contributed by atoms with van der Waals surface area (Å²) in [6.45, 7) is 2.95. The summed E-state index contributed by atoms with van der Waals surface area (Å²) in [4.78, 5) is 13.8. The van der Waals surface area contributed by atoms with Gasteiger partial charge in [-0.3, -0.25) is 0 Å². The lowest BCUT2D eigenvalue weighted by Gasteiger charge is -2.18. The van der Waals surface area contributed by atoms with Crippen LogP contribution in [-0.4, -0.2) is 29.6 Å². The predicted molar refractivity (Wildman–Crippen MR) is 105 cm³/mol. The van der Waals surface area contributed by atoms with Crippen molar-refractivity contribution < 1.29 is 14.6 Å². The molecule has 138 valence electrons.